The lowest BCUT2D eigenvalue weighted by atomic mass is 10.2. The smallest absolute Gasteiger partial charge is 0.272 e. The monoisotopic (exact) mass is 339 g/mol. The molecule has 0 radical (unpaired) electrons. The molecule has 2 aromatic heterocycles. The van der Waals surface area contributed by atoms with Gasteiger partial charge in [-0.15, -0.1) is 0 Å². The summed E-state index contributed by atoms with van der Waals surface area (Å²) in [6.07, 6.45) is 5.75. The molecule has 8 heteroatoms. The van der Waals surface area contributed by atoms with E-state index in [2.05, 4.69) is 30.2 Å². The van der Waals surface area contributed by atoms with Gasteiger partial charge in [0.1, 0.15) is 5.69 Å². The second kappa shape index (κ2) is 6.62. The maximum Gasteiger partial charge on any atom is 0.272 e. The van der Waals surface area contributed by atoms with Gasteiger partial charge in [0.05, 0.1) is 0 Å². The van der Waals surface area contributed by atoms with Crippen LogP contribution in [-0.2, 0) is 0 Å². The van der Waals surface area contributed by atoms with Crippen molar-refractivity contribution in [3.05, 3.63) is 35.9 Å². The van der Waals surface area contributed by atoms with Gasteiger partial charge in [0.2, 0.25) is 11.9 Å². The van der Waals surface area contributed by atoms with E-state index < -0.39 is 0 Å². The van der Waals surface area contributed by atoms with Gasteiger partial charge < -0.3 is 15.1 Å². The van der Waals surface area contributed by atoms with Crippen molar-refractivity contribution < 1.29 is 4.79 Å². The predicted molar refractivity (Wildman–Crippen MR) is 93.6 cm³/mol. The molecule has 0 aromatic carbocycles. The van der Waals surface area contributed by atoms with Gasteiger partial charge in [-0.05, 0) is 31.9 Å². The lowest BCUT2D eigenvalue weighted by Crippen LogP contribution is -2.49. The first-order valence-electron chi connectivity index (χ1n) is 8.62. The van der Waals surface area contributed by atoms with Gasteiger partial charge in [-0.1, -0.05) is 0 Å². The van der Waals surface area contributed by atoms with Crippen molar-refractivity contribution in [3.8, 4) is 0 Å². The topological polar surface area (TPSA) is 87.1 Å². The standard InChI is InChI=1S/C17H21N7O/c1-12-11-14(22-16(20-12)21-13-3-4-13)15(25)23-7-9-24(10-8-23)17-18-5-2-6-19-17/h2,5-6,11,13H,3-4,7-10H2,1H3,(H,20,21,22). The van der Waals surface area contributed by atoms with Gasteiger partial charge in [-0.25, -0.2) is 19.9 Å². The molecular formula is C17H21N7O. The average Bonchev–Trinajstić information content (AvgIpc) is 3.45. The quantitative estimate of drug-likeness (QED) is 0.893. The van der Waals surface area contributed by atoms with Crippen LogP contribution in [0.5, 0.6) is 0 Å². The number of amides is 1. The van der Waals surface area contributed by atoms with Crippen LogP contribution in [0.3, 0.4) is 0 Å². The predicted octanol–water partition coefficient (Wildman–Crippen LogP) is 1.11. The van der Waals surface area contributed by atoms with E-state index in [0.717, 1.165) is 18.5 Å². The highest BCUT2D eigenvalue weighted by atomic mass is 16.2. The largest absolute Gasteiger partial charge is 0.351 e. The van der Waals surface area contributed by atoms with Crippen LogP contribution >= 0.6 is 0 Å². The fourth-order valence-corrected chi connectivity index (χ4v) is 2.88. The second-order valence-corrected chi connectivity index (χ2v) is 6.46. The number of anilines is 2. The Labute approximate surface area is 146 Å². The van der Waals surface area contributed by atoms with Crippen LogP contribution in [0.1, 0.15) is 29.0 Å². The van der Waals surface area contributed by atoms with Gasteiger partial charge in [0, 0.05) is 50.3 Å². The summed E-state index contributed by atoms with van der Waals surface area (Å²) < 4.78 is 0. The van der Waals surface area contributed by atoms with E-state index in [0.29, 0.717) is 49.8 Å². The summed E-state index contributed by atoms with van der Waals surface area (Å²) in [5.74, 6) is 1.23. The highest BCUT2D eigenvalue weighted by molar-refractivity contribution is 5.92. The number of aryl methyl sites for hydroxylation is 1. The molecular weight excluding hydrogens is 318 g/mol. The molecule has 0 spiro atoms. The molecule has 1 amide bonds. The van der Waals surface area contributed by atoms with Crippen molar-refractivity contribution in [2.75, 3.05) is 36.4 Å². The first-order chi connectivity index (χ1) is 12.2. The van der Waals surface area contributed by atoms with E-state index in [1.807, 2.05) is 11.8 Å². The molecule has 1 saturated carbocycles. The van der Waals surface area contributed by atoms with E-state index in [-0.39, 0.29) is 5.91 Å². The minimum atomic E-state index is -0.0435. The Bertz CT molecular complexity index is 755. The molecule has 2 fully saturated rings. The molecule has 25 heavy (non-hydrogen) atoms. The van der Waals surface area contributed by atoms with Crippen LogP contribution in [0.25, 0.3) is 0 Å². The summed E-state index contributed by atoms with van der Waals surface area (Å²) >= 11 is 0. The normalized spacial score (nSPS) is 17.5. The Morgan fingerprint density at radius 1 is 1.12 bits per heavy atom. The van der Waals surface area contributed by atoms with Crippen LogP contribution in [0.2, 0.25) is 0 Å². The SMILES string of the molecule is Cc1cc(C(=O)N2CCN(c3ncccn3)CC2)nc(NC2CC2)n1. The number of nitrogens with one attached hydrogen (secondary N) is 1. The van der Waals surface area contributed by atoms with E-state index in [1.54, 1.807) is 24.5 Å². The number of carbonyl (C=O) groups excluding carboxylic acids is 1. The first kappa shape index (κ1) is 15.7. The van der Waals surface area contributed by atoms with Crippen molar-refractivity contribution in [2.45, 2.75) is 25.8 Å². The molecule has 0 bridgehead atoms. The van der Waals surface area contributed by atoms with Crippen molar-refractivity contribution >= 4 is 17.8 Å². The summed E-state index contributed by atoms with van der Waals surface area (Å²) in [4.78, 5) is 34.1. The highest BCUT2D eigenvalue weighted by Gasteiger charge is 2.26. The zero-order valence-corrected chi connectivity index (χ0v) is 14.2. The van der Waals surface area contributed by atoms with Crippen LogP contribution < -0.4 is 10.2 Å². The van der Waals surface area contributed by atoms with Gasteiger partial charge in [0.15, 0.2) is 0 Å². The van der Waals surface area contributed by atoms with Crippen molar-refractivity contribution in [1.82, 2.24) is 24.8 Å². The van der Waals surface area contributed by atoms with E-state index in [9.17, 15) is 4.79 Å². The molecule has 1 aliphatic heterocycles. The molecule has 2 aliphatic rings. The lowest BCUT2D eigenvalue weighted by Gasteiger charge is -2.34. The number of rotatable bonds is 4. The lowest BCUT2D eigenvalue weighted by molar-refractivity contribution is 0.0740. The molecule has 1 aliphatic carbocycles. The van der Waals surface area contributed by atoms with Gasteiger partial charge in [0.25, 0.3) is 5.91 Å². The zero-order chi connectivity index (χ0) is 17.2. The summed E-state index contributed by atoms with van der Waals surface area (Å²) in [7, 11) is 0. The minimum Gasteiger partial charge on any atom is -0.351 e. The Kier molecular flexibility index (Phi) is 4.17. The van der Waals surface area contributed by atoms with Crippen LogP contribution in [-0.4, -0.2) is 63.0 Å². The first-order valence-corrected chi connectivity index (χ1v) is 8.62. The Morgan fingerprint density at radius 2 is 1.84 bits per heavy atom. The third kappa shape index (κ3) is 3.67. The second-order valence-electron chi connectivity index (χ2n) is 6.46. The molecule has 2 aromatic rings. The number of carbonyl (C=O) groups is 1. The van der Waals surface area contributed by atoms with Gasteiger partial charge in [-0.3, -0.25) is 4.79 Å². The molecule has 8 nitrogen and oxygen atoms in total. The average molecular weight is 339 g/mol. The van der Waals surface area contributed by atoms with E-state index in [4.69, 9.17) is 0 Å². The van der Waals surface area contributed by atoms with Crippen LogP contribution in [0, 0.1) is 6.92 Å². The maximum absolute atomic E-state index is 12.8. The summed E-state index contributed by atoms with van der Waals surface area (Å²) in [6, 6.07) is 4.01. The zero-order valence-electron chi connectivity index (χ0n) is 14.2. The van der Waals surface area contributed by atoms with Gasteiger partial charge >= 0.3 is 0 Å². The minimum absolute atomic E-state index is 0.0435. The third-order valence-electron chi connectivity index (χ3n) is 4.39. The van der Waals surface area contributed by atoms with Crippen molar-refractivity contribution in [2.24, 2.45) is 0 Å². The summed E-state index contributed by atoms with van der Waals surface area (Å²) in [5.41, 5.74) is 1.26. The maximum atomic E-state index is 12.8. The van der Waals surface area contributed by atoms with E-state index in [1.165, 1.54) is 0 Å². The summed E-state index contributed by atoms with van der Waals surface area (Å²) in [6.45, 7) is 4.58. The molecule has 3 heterocycles. The van der Waals surface area contributed by atoms with Crippen LogP contribution in [0.4, 0.5) is 11.9 Å². The molecule has 1 N–H and O–H groups in total. The number of hydrogen-bond donors (Lipinski definition) is 1. The van der Waals surface area contributed by atoms with Gasteiger partial charge in [-0.2, -0.15) is 0 Å². The fourth-order valence-electron chi connectivity index (χ4n) is 2.88. The Hall–Kier alpha value is -2.77. The highest BCUT2D eigenvalue weighted by Crippen LogP contribution is 2.23. The Morgan fingerprint density at radius 3 is 2.52 bits per heavy atom. The molecule has 4 rings (SSSR count). The van der Waals surface area contributed by atoms with Crippen molar-refractivity contribution in [3.63, 3.8) is 0 Å². The number of piperazine rings is 1. The molecule has 0 unspecified atom stereocenters. The third-order valence-corrected chi connectivity index (χ3v) is 4.39. The summed E-state index contributed by atoms with van der Waals surface area (Å²) in [5, 5.41) is 3.27. The molecule has 0 atom stereocenters. The fraction of sp³-hybridized carbons (Fsp3) is 0.471. The molecule has 130 valence electrons. The molecule has 1 saturated heterocycles. The number of aromatic nitrogens is 4. The van der Waals surface area contributed by atoms with E-state index >= 15 is 0 Å². The number of hydrogen-bond acceptors (Lipinski definition) is 7. The van der Waals surface area contributed by atoms with Crippen LogP contribution in [0.15, 0.2) is 24.5 Å². The number of nitrogens with zero attached hydrogens (tertiary/aromatic N) is 6. The van der Waals surface area contributed by atoms with Crippen molar-refractivity contribution in [1.29, 1.82) is 0 Å². The Balaban J connectivity index is 1.42.